The molecule has 14 heavy (non-hydrogen) atoms. The van der Waals surface area contributed by atoms with Gasteiger partial charge in [-0.1, -0.05) is 24.3 Å². The van der Waals surface area contributed by atoms with Crippen molar-refractivity contribution in [2.45, 2.75) is 0 Å². The van der Waals surface area contributed by atoms with Gasteiger partial charge in [0.05, 0.1) is 11.9 Å². The van der Waals surface area contributed by atoms with E-state index < -0.39 is 11.9 Å². The van der Waals surface area contributed by atoms with Crippen molar-refractivity contribution in [2.75, 3.05) is 0 Å². The van der Waals surface area contributed by atoms with Gasteiger partial charge < -0.3 is 25.3 Å². The van der Waals surface area contributed by atoms with Crippen molar-refractivity contribution >= 4 is 11.9 Å². The van der Waals surface area contributed by atoms with Crippen molar-refractivity contribution in [3.05, 3.63) is 35.4 Å². The normalized spacial score (nSPS) is 8.00. The maximum Gasteiger partial charge on any atom is 2.00 e. The SMILES string of the molecule is O.O=C([O-])c1ccc(C(=O)[O-])cc1.[Cu+2]. The standard InChI is InChI=1S/C8H6O4.Cu.H2O/c9-7(10)5-1-2-6(4-3-5)8(11)12;;/h1-4H,(H,9,10)(H,11,12);;1H2/q;+2;/p-2. The van der Waals surface area contributed by atoms with Crippen LogP contribution in [0.25, 0.3) is 0 Å². The van der Waals surface area contributed by atoms with Crippen molar-refractivity contribution < 1.29 is 42.3 Å². The first-order valence-corrected chi connectivity index (χ1v) is 3.14. The minimum atomic E-state index is -1.33. The Morgan fingerprint density at radius 2 is 1.07 bits per heavy atom. The number of benzene rings is 1. The summed E-state index contributed by atoms with van der Waals surface area (Å²) in [5, 5.41) is 20.4. The fraction of sp³-hybridized carbons (Fsp3) is 0. The molecule has 0 amide bonds. The van der Waals surface area contributed by atoms with E-state index in [9.17, 15) is 19.8 Å². The van der Waals surface area contributed by atoms with Crippen LogP contribution >= 0.6 is 0 Å². The Kier molecular flexibility index (Phi) is 6.64. The van der Waals surface area contributed by atoms with E-state index in [-0.39, 0.29) is 33.7 Å². The maximum absolute atomic E-state index is 10.2. The molecule has 2 N–H and O–H groups in total. The van der Waals surface area contributed by atoms with Gasteiger partial charge >= 0.3 is 17.1 Å². The Hall–Kier alpha value is -1.36. The Bertz CT molecular complexity index is 286. The average Bonchev–Trinajstić information content (AvgIpc) is 2.04. The summed E-state index contributed by atoms with van der Waals surface area (Å²) in [6.45, 7) is 0. The fourth-order valence-electron chi connectivity index (χ4n) is 0.742. The topological polar surface area (TPSA) is 112 Å². The molecule has 1 radical (unpaired) electrons. The second-order valence-corrected chi connectivity index (χ2v) is 2.15. The zero-order valence-electron chi connectivity index (χ0n) is 6.74. The van der Waals surface area contributed by atoms with Crippen LogP contribution < -0.4 is 10.2 Å². The molecule has 79 valence electrons. The third kappa shape index (κ3) is 3.57. The van der Waals surface area contributed by atoms with Crippen molar-refractivity contribution in [3.8, 4) is 0 Å². The van der Waals surface area contributed by atoms with E-state index in [1.165, 1.54) is 0 Å². The third-order valence-corrected chi connectivity index (χ3v) is 1.36. The number of rotatable bonds is 2. The predicted molar refractivity (Wildman–Crippen MR) is 38.7 cm³/mol. The van der Waals surface area contributed by atoms with Crippen LogP contribution in [0.3, 0.4) is 0 Å². The van der Waals surface area contributed by atoms with Crippen LogP contribution in [0, 0.1) is 0 Å². The van der Waals surface area contributed by atoms with Gasteiger partial charge in [0.15, 0.2) is 0 Å². The number of carboxylic acid groups (broad SMARTS) is 2. The quantitative estimate of drug-likeness (QED) is 0.540. The first kappa shape index (κ1) is 15.1. The molecule has 5 nitrogen and oxygen atoms in total. The molecule has 0 aromatic heterocycles. The summed E-state index contributed by atoms with van der Waals surface area (Å²) in [4.78, 5) is 20.4. The molecule has 0 fully saturated rings. The molecule has 0 bridgehead atoms. The van der Waals surface area contributed by atoms with Gasteiger partial charge in [-0.05, 0) is 11.1 Å². The molecule has 1 aromatic rings. The Morgan fingerprint density at radius 1 is 0.857 bits per heavy atom. The van der Waals surface area contributed by atoms with Crippen molar-refractivity contribution in [1.82, 2.24) is 0 Å². The van der Waals surface area contributed by atoms with E-state index >= 15 is 0 Å². The first-order valence-electron chi connectivity index (χ1n) is 3.14. The van der Waals surface area contributed by atoms with Crippen molar-refractivity contribution in [3.63, 3.8) is 0 Å². The summed E-state index contributed by atoms with van der Waals surface area (Å²) >= 11 is 0. The van der Waals surface area contributed by atoms with E-state index in [2.05, 4.69) is 0 Å². The minimum Gasteiger partial charge on any atom is -0.545 e. The molecule has 0 aliphatic rings. The van der Waals surface area contributed by atoms with Gasteiger partial charge in [-0.2, -0.15) is 0 Å². The van der Waals surface area contributed by atoms with E-state index in [0.29, 0.717) is 0 Å². The molecule has 1 rings (SSSR count). The molecule has 1 aromatic carbocycles. The van der Waals surface area contributed by atoms with Crippen LogP contribution in [0.2, 0.25) is 0 Å². The van der Waals surface area contributed by atoms with Crippen LogP contribution in [0.15, 0.2) is 24.3 Å². The number of aromatic carboxylic acids is 2. The molecule has 0 atom stereocenters. The van der Waals surface area contributed by atoms with E-state index in [1.807, 2.05) is 0 Å². The van der Waals surface area contributed by atoms with Gasteiger partial charge in [0.2, 0.25) is 0 Å². The second kappa shape index (κ2) is 6.15. The average molecular weight is 246 g/mol. The molecule has 0 aliphatic carbocycles. The summed E-state index contributed by atoms with van der Waals surface area (Å²) in [5.41, 5.74) is -0.111. The van der Waals surface area contributed by atoms with Crippen molar-refractivity contribution in [2.24, 2.45) is 0 Å². The molecule has 0 saturated carbocycles. The predicted octanol–water partition coefficient (Wildman–Crippen LogP) is -2.41. The number of carbonyl (C=O) groups excluding carboxylic acids is 2. The smallest absolute Gasteiger partial charge is 0.545 e. The van der Waals surface area contributed by atoms with Gasteiger partial charge in [0, 0.05) is 0 Å². The molecule has 0 saturated heterocycles. The summed E-state index contributed by atoms with van der Waals surface area (Å²) in [6.07, 6.45) is 0. The molecule has 0 spiro atoms. The molecule has 0 heterocycles. The van der Waals surface area contributed by atoms with Crippen LogP contribution in [0.4, 0.5) is 0 Å². The van der Waals surface area contributed by atoms with Crippen LogP contribution in [-0.2, 0) is 17.1 Å². The number of hydrogen-bond donors (Lipinski definition) is 0. The molecule has 0 aliphatic heterocycles. The largest absolute Gasteiger partial charge is 2.00 e. The van der Waals surface area contributed by atoms with Gasteiger partial charge in [-0.15, -0.1) is 0 Å². The summed E-state index contributed by atoms with van der Waals surface area (Å²) in [6, 6.07) is 4.61. The number of hydrogen-bond acceptors (Lipinski definition) is 4. The second-order valence-electron chi connectivity index (χ2n) is 2.15. The zero-order valence-corrected chi connectivity index (χ0v) is 7.69. The number of carboxylic acids is 2. The summed E-state index contributed by atoms with van der Waals surface area (Å²) in [5.74, 6) is -2.67. The summed E-state index contributed by atoms with van der Waals surface area (Å²) < 4.78 is 0. The third-order valence-electron chi connectivity index (χ3n) is 1.36. The van der Waals surface area contributed by atoms with Crippen LogP contribution in [0.5, 0.6) is 0 Å². The Labute approximate surface area is 90.1 Å². The summed E-state index contributed by atoms with van der Waals surface area (Å²) in [7, 11) is 0. The van der Waals surface area contributed by atoms with E-state index in [1.54, 1.807) is 0 Å². The zero-order chi connectivity index (χ0) is 9.14. The van der Waals surface area contributed by atoms with Gasteiger partial charge in [0.25, 0.3) is 0 Å². The molecular formula is C8H6CuO5. The Balaban J connectivity index is 0. The van der Waals surface area contributed by atoms with Crippen LogP contribution in [-0.4, -0.2) is 17.4 Å². The fourth-order valence-corrected chi connectivity index (χ4v) is 0.742. The molecule has 0 unspecified atom stereocenters. The van der Waals surface area contributed by atoms with E-state index in [4.69, 9.17) is 0 Å². The Morgan fingerprint density at radius 3 is 1.21 bits per heavy atom. The van der Waals surface area contributed by atoms with Gasteiger partial charge in [-0.25, -0.2) is 0 Å². The molecule has 6 heteroatoms. The maximum atomic E-state index is 10.2. The van der Waals surface area contributed by atoms with Gasteiger partial charge in [0.1, 0.15) is 0 Å². The minimum absolute atomic E-state index is 0. The van der Waals surface area contributed by atoms with Crippen molar-refractivity contribution in [1.29, 1.82) is 0 Å². The van der Waals surface area contributed by atoms with E-state index in [0.717, 1.165) is 24.3 Å². The first-order chi connectivity index (χ1) is 5.61. The molecular weight excluding hydrogens is 240 g/mol. The number of carbonyl (C=O) groups is 2. The van der Waals surface area contributed by atoms with Crippen LogP contribution in [0.1, 0.15) is 20.7 Å². The van der Waals surface area contributed by atoms with Gasteiger partial charge in [-0.3, -0.25) is 0 Å². The monoisotopic (exact) mass is 245 g/mol.